The summed E-state index contributed by atoms with van der Waals surface area (Å²) in [6.45, 7) is 2.38. The Bertz CT molecular complexity index is 1330. The van der Waals surface area contributed by atoms with E-state index in [9.17, 15) is 14.7 Å². The van der Waals surface area contributed by atoms with Crippen LogP contribution in [0.1, 0.15) is 31.8 Å². The minimum atomic E-state index is -0.997. The number of aromatic carboxylic acids is 2. The minimum absolute atomic E-state index is 0.188. The van der Waals surface area contributed by atoms with E-state index in [0.29, 0.717) is 22.9 Å². The molecular weight excluding hydrogens is 442 g/mol. The number of carbonyl (C=O) groups is 2. The van der Waals surface area contributed by atoms with Crippen LogP contribution in [0.15, 0.2) is 72.9 Å². The molecule has 4 aromatic rings. The fourth-order valence-electron chi connectivity index (χ4n) is 3.34. The molecule has 1 aromatic heterocycles. The van der Waals surface area contributed by atoms with Crippen molar-refractivity contribution in [1.29, 1.82) is 0 Å². The van der Waals surface area contributed by atoms with E-state index in [1.165, 1.54) is 24.3 Å². The number of benzene rings is 3. The molecule has 0 unspecified atom stereocenters. The highest BCUT2D eigenvalue weighted by atomic mass is 35.5. The molecule has 0 saturated heterocycles. The van der Waals surface area contributed by atoms with Gasteiger partial charge in [0.15, 0.2) is 0 Å². The first-order chi connectivity index (χ1) is 15.8. The maximum atomic E-state index is 11.2. The molecule has 166 valence electrons. The van der Waals surface area contributed by atoms with E-state index in [0.717, 1.165) is 22.4 Å². The van der Waals surface area contributed by atoms with Gasteiger partial charge in [-0.25, -0.2) is 14.3 Å². The summed E-state index contributed by atoms with van der Waals surface area (Å²) in [5, 5.41) is 27.0. The zero-order chi connectivity index (χ0) is 23.5. The lowest BCUT2D eigenvalue weighted by atomic mass is 10.1. The van der Waals surface area contributed by atoms with Crippen LogP contribution in [0.4, 0.5) is 5.69 Å². The van der Waals surface area contributed by atoms with E-state index < -0.39 is 11.9 Å². The summed E-state index contributed by atoms with van der Waals surface area (Å²) in [5.74, 6) is -1.99. The van der Waals surface area contributed by atoms with Crippen molar-refractivity contribution >= 4 is 29.2 Å². The fourth-order valence-corrected chi connectivity index (χ4v) is 3.52. The molecule has 0 aliphatic rings. The van der Waals surface area contributed by atoms with E-state index in [2.05, 4.69) is 5.32 Å². The van der Waals surface area contributed by atoms with Gasteiger partial charge in [-0.3, -0.25) is 0 Å². The van der Waals surface area contributed by atoms with E-state index in [-0.39, 0.29) is 11.1 Å². The summed E-state index contributed by atoms with van der Waals surface area (Å²) < 4.78 is 1.67. The Labute approximate surface area is 194 Å². The van der Waals surface area contributed by atoms with Gasteiger partial charge in [0.2, 0.25) is 0 Å². The number of nitrogens with one attached hydrogen (secondary N) is 1. The van der Waals surface area contributed by atoms with E-state index >= 15 is 0 Å². The monoisotopic (exact) mass is 461 g/mol. The van der Waals surface area contributed by atoms with Crippen LogP contribution in [0.5, 0.6) is 0 Å². The molecular formula is C25H20ClN3O4. The van der Waals surface area contributed by atoms with Crippen molar-refractivity contribution in [2.24, 2.45) is 0 Å². The second-order valence-electron chi connectivity index (χ2n) is 7.50. The third kappa shape index (κ3) is 4.88. The summed E-state index contributed by atoms with van der Waals surface area (Å²) in [5.41, 5.74) is 5.24. The number of anilines is 1. The molecule has 3 aromatic carbocycles. The zero-order valence-corrected chi connectivity index (χ0v) is 18.4. The molecule has 0 amide bonds. The van der Waals surface area contributed by atoms with Gasteiger partial charge in [0.25, 0.3) is 0 Å². The fraction of sp³-hybridized carbons (Fsp3) is 0.0800. The quantitative estimate of drug-likeness (QED) is 0.335. The van der Waals surface area contributed by atoms with Gasteiger partial charge in [0, 0.05) is 34.6 Å². The summed E-state index contributed by atoms with van der Waals surface area (Å²) in [6.07, 6.45) is 1.86. The van der Waals surface area contributed by atoms with Crippen LogP contribution in [0.25, 0.3) is 16.9 Å². The molecule has 0 fully saturated rings. The first-order valence-corrected chi connectivity index (χ1v) is 10.5. The normalized spacial score (nSPS) is 10.7. The van der Waals surface area contributed by atoms with Crippen LogP contribution in [-0.4, -0.2) is 31.9 Å². The topological polar surface area (TPSA) is 104 Å². The van der Waals surface area contributed by atoms with Crippen LogP contribution in [0, 0.1) is 6.92 Å². The lowest BCUT2D eigenvalue weighted by Gasteiger charge is -2.08. The first-order valence-electron chi connectivity index (χ1n) is 10.1. The number of carboxylic acid groups (broad SMARTS) is 2. The molecule has 0 atom stereocenters. The number of nitrogens with zero attached hydrogens (tertiary/aromatic N) is 2. The SMILES string of the molecule is Cc1ccc(NCc2cn(-c3ccc(C(=O)O)cc3)nc2-c2ccc(C(=O)O)cc2)cc1Cl. The second kappa shape index (κ2) is 9.18. The molecule has 33 heavy (non-hydrogen) atoms. The predicted octanol–water partition coefficient (Wildman–Crippen LogP) is 5.51. The average molecular weight is 462 g/mol. The molecule has 0 bridgehead atoms. The molecule has 1 heterocycles. The van der Waals surface area contributed by atoms with Crippen LogP contribution < -0.4 is 5.32 Å². The largest absolute Gasteiger partial charge is 0.478 e. The number of hydrogen-bond acceptors (Lipinski definition) is 4. The van der Waals surface area contributed by atoms with Gasteiger partial charge < -0.3 is 15.5 Å². The average Bonchev–Trinajstić information content (AvgIpc) is 3.24. The highest BCUT2D eigenvalue weighted by Gasteiger charge is 2.14. The first kappa shape index (κ1) is 22.1. The van der Waals surface area contributed by atoms with Crippen LogP contribution >= 0.6 is 11.6 Å². The standard InChI is InChI=1S/C25H20ClN3O4/c1-15-2-9-20(12-22(15)26)27-13-19-14-29(21-10-7-18(8-11-21)25(32)33)28-23(19)16-3-5-17(6-4-16)24(30)31/h2-12,14,27H,13H2,1H3,(H,30,31)(H,32,33). The van der Waals surface area contributed by atoms with E-state index in [1.54, 1.807) is 28.9 Å². The summed E-state index contributed by atoms with van der Waals surface area (Å²) in [7, 11) is 0. The summed E-state index contributed by atoms with van der Waals surface area (Å²) in [6, 6.07) is 18.7. The third-order valence-electron chi connectivity index (χ3n) is 5.23. The van der Waals surface area contributed by atoms with E-state index in [4.69, 9.17) is 21.8 Å². The maximum Gasteiger partial charge on any atom is 0.335 e. The van der Waals surface area contributed by atoms with Crippen molar-refractivity contribution in [3.8, 4) is 16.9 Å². The van der Waals surface area contributed by atoms with E-state index in [1.807, 2.05) is 31.3 Å². The molecule has 4 rings (SSSR count). The molecule has 0 radical (unpaired) electrons. The molecule has 0 aliphatic carbocycles. The smallest absolute Gasteiger partial charge is 0.335 e. The van der Waals surface area contributed by atoms with Crippen LogP contribution in [0.2, 0.25) is 5.02 Å². The zero-order valence-electron chi connectivity index (χ0n) is 17.6. The Kier molecular flexibility index (Phi) is 6.15. The molecule has 0 aliphatic heterocycles. The van der Waals surface area contributed by atoms with Crippen molar-refractivity contribution in [2.45, 2.75) is 13.5 Å². The predicted molar refractivity (Wildman–Crippen MR) is 126 cm³/mol. The Morgan fingerprint density at radius 2 is 1.55 bits per heavy atom. The van der Waals surface area contributed by atoms with Crippen LogP contribution in [0.3, 0.4) is 0 Å². The van der Waals surface area contributed by atoms with Crippen molar-refractivity contribution in [1.82, 2.24) is 9.78 Å². The summed E-state index contributed by atoms with van der Waals surface area (Å²) >= 11 is 6.24. The number of hydrogen-bond donors (Lipinski definition) is 3. The Balaban J connectivity index is 1.69. The molecule has 7 nitrogen and oxygen atoms in total. The molecule has 3 N–H and O–H groups in total. The van der Waals surface area contributed by atoms with Gasteiger partial charge in [-0.15, -0.1) is 0 Å². The number of aryl methyl sites for hydroxylation is 1. The highest BCUT2D eigenvalue weighted by molar-refractivity contribution is 6.31. The van der Waals surface area contributed by atoms with Gasteiger partial charge in [0.05, 0.1) is 22.5 Å². The summed E-state index contributed by atoms with van der Waals surface area (Å²) in [4.78, 5) is 22.4. The van der Waals surface area contributed by atoms with Gasteiger partial charge in [-0.1, -0.05) is 29.8 Å². The van der Waals surface area contributed by atoms with Gasteiger partial charge in [0.1, 0.15) is 0 Å². The molecule has 0 spiro atoms. The van der Waals surface area contributed by atoms with Gasteiger partial charge in [-0.2, -0.15) is 5.10 Å². The highest BCUT2D eigenvalue weighted by Crippen LogP contribution is 2.26. The van der Waals surface area contributed by atoms with Gasteiger partial charge >= 0.3 is 11.9 Å². The van der Waals surface area contributed by atoms with Crippen molar-refractivity contribution in [3.05, 3.63) is 100 Å². The Morgan fingerprint density at radius 1 is 0.939 bits per heavy atom. The van der Waals surface area contributed by atoms with Crippen molar-refractivity contribution in [2.75, 3.05) is 5.32 Å². The van der Waals surface area contributed by atoms with Crippen LogP contribution in [-0.2, 0) is 6.54 Å². The minimum Gasteiger partial charge on any atom is -0.478 e. The van der Waals surface area contributed by atoms with Crippen molar-refractivity contribution < 1.29 is 19.8 Å². The number of rotatable bonds is 7. The maximum absolute atomic E-state index is 11.2. The number of carboxylic acids is 2. The Hall–Kier alpha value is -4.10. The Morgan fingerprint density at radius 3 is 2.12 bits per heavy atom. The number of aromatic nitrogens is 2. The second-order valence-corrected chi connectivity index (χ2v) is 7.91. The lowest BCUT2D eigenvalue weighted by molar-refractivity contribution is 0.0686. The number of halogens is 1. The van der Waals surface area contributed by atoms with Gasteiger partial charge in [-0.05, 0) is 61.0 Å². The van der Waals surface area contributed by atoms with Crippen molar-refractivity contribution in [3.63, 3.8) is 0 Å². The molecule has 8 heteroatoms. The lowest BCUT2D eigenvalue weighted by Crippen LogP contribution is -2.00. The third-order valence-corrected chi connectivity index (χ3v) is 5.64. The molecule has 0 saturated carbocycles.